The van der Waals surface area contributed by atoms with Gasteiger partial charge in [-0.3, -0.25) is 4.79 Å². The summed E-state index contributed by atoms with van der Waals surface area (Å²) in [6.07, 6.45) is 3.52. The van der Waals surface area contributed by atoms with Crippen molar-refractivity contribution in [3.63, 3.8) is 0 Å². The maximum absolute atomic E-state index is 13.2. The first-order chi connectivity index (χ1) is 14.8. The summed E-state index contributed by atoms with van der Waals surface area (Å²) in [5.41, 5.74) is 0.972. The van der Waals surface area contributed by atoms with Gasteiger partial charge in [-0.15, -0.1) is 0 Å². The number of nitrogens with one attached hydrogen (secondary N) is 1. The number of piperidine rings is 1. The van der Waals surface area contributed by atoms with E-state index in [0.717, 1.165) is 32.4 Å². The third-order valence-electron chi connectivity index (χ3n) is 6.08. The molecule has 3 aliphatic rings. The third-order valence-corrected chi connectivity index (χ3v) is 9.75. The van der Waals surface area contributed by atoms with E-state index < -0.39 is 31.8 Å². The van der Waals surface area contributed by atoms with E-state index in [-0.39, 0.29) is 35.1 Å². The first-order valence-corrected chi connectivity index (χ1v) is 14.0. The highest BCUT2D eigenvalue weighted by Gasteiger charge is 2.32. The fraction of sp³-hybridized carbons (Fsp3) is 0.650. The molecule has 0 saturated carbocycles. The molecule has 0 spiro atoms. The molecule has 4 rings (SSSR count). The number of carbonyl (C=O) groups is 1. The molecule has 1 atom stereocenters. The molecule has 0 bridgehead atoms. The first-order valence-electron chi connectivity index (χ1n) is 10.7. The van der Waals surface area contributed by atoms with Gasteiger partial charge in [-0.1, -0.05) is 0 Å². The van der Waals surface area contributed by atoms with Crippen LogP contribution >= 0.6 is 0 Å². The van der Waals surface area contributed by atoms with Crippen molar-refractivity contribution in [2.24, 2.45) is 0 Å². The van der Waals surface area contributed by atoms with Crippen LogP contribution in [0.5, 0.6) is 0 Å². The van der Waals surface area contributed by atoms with Crippen molar-refractivity contribution in [2.75, 3.05) is 55.8 Å². The number of ether oxygens (including phenoxy) is 1. The normalized spacial score (nSPS) is 24.8. The van der Waals surface area contributed by atoms with Gasteiger partial charge in [0.15, 0.2) is 9.84 Å². The van der Waals surface area contributed by atoms with Crippen LogP contribution in [-0.4, -0.2) is 84.0 Å². The number of carbonyl (C=O) groups excluding carboxylic acids is 1. The molecule has 0 radical (unpaired) electrons. The fourth-order valence-corrected chi connectivity index (χ4v) is 7.48. The maximum atomic E-state index is 13.2. The van der Waals surface area contributed by atoms with E-state index in [2.05, 4.69) is 10.2 Å². The van der Waals surface area contributed by atoms with Crippen LogP contribution in [-0.2, 0) is 24.6 Å². The van der Waals surface area contributed by atoms with E-state index in [1.165, 1.54) is 10.4 Å². The van der Waals surface area contributed by atoms with Crippen LogP contribution in [0.3, 0.4) is 0 Å². The van der Waals surface area contributed by atoms with Gasteiger partial charge in [0.25, 0.3) is 5.91 Å². The van der Waals surface area contributed by atoms with E-state index in [1.54, 1.807) is 12.1 Å². The van der Waals surface area contributed by atoms with E-state index in [1.807, 2.05) is 0 Å². The maximum Gasteiger partial charge on any atom is 0.253 e. The predicted molar refractivity (Wildman–Crippen MR) is 117 cm³/mol. The summed E-state index contributed by atoms with van der Waals surface area (Å²) in [6, 6.07) is 4.25. The van der Waals surface area contributed by atoms with E-state index >= 15 is 0 Å². The Bertz CT molecular complexity index is 1030. The van der Waals surface area contributed by atoms with Gasteiger partial charge in [0.2, 0.25) is 10.0 Å². The van der Waals surface area contributed by atoms with E-state index in [9.17, 15) is 21.6 Å². The molecule has 0 aromatic heterocycles. The van der Waals surface area contributed by atoms with Gasteiger partial charge < -0.3 is 15.0 Å². The van der Waals surface area contributed by atoms with Gasteiger partial charge in [0.1, 0.15) is 0 Å². The monoisotopic (exact) mass is 471 g/mol. The van der Waals surface area contributed by atoms with Crippen LogP contribution in [0.15, 0.2) is 23.1 Å². The number of amides is 1. The summed E-state index contributed by atoms with van der Waals surface area (Å²) >= 11 is 0. The number of benzene rings is 1. The summed E-state index contributed by atoms with van der Waals surface area (Å²) in [5.74, 6) is -0.451. The number of hydrogen-bond donors (Lipinski definition) is 1. The summed E-state index contributed by atoms with van der Waals surface area (Å²) in [7, 11) is -6.89. The molecule has 3 heterocycles. The van der Waals surface area contributed by atoms with Crippen molar-refractivity contribution in [3.05, 3.63) is 23.8 Å². The van der Waals surface area contributed by atoms with Crippen molar-refractivity contribution in [1.82, 2.24) is 9.62 Å². The lowest BCUT2D eigenvalue weighted by Crippen LogP contribution is -2.41. The largest absolute Gasteiger partial charge is 0.379 e. The Morgan fingerprint density at radius 2 is 1.77 bits per heavy atom. The zero-order chi connectivity index (χ0) is 22.1. The van der Waals surface area contributed by atoms with Crippen molar-refractivity contribution in [2.45, 2.75) is 36.6 Å². The van der Waals surface area contributed by atoms with Crippen LogP contribution in [0.25, 0.3) is 0 Å². The van der Waals surface area contributed by atoms with Gasteiger partial charge >= 0.3 is 0 Å². The Balaban J connectivity index is 1.65. The zero-order valence-electron chi connectivity index (χ0n) is 17.5. The second-order valence-electron chi connectivity index (χ2n) is 8.32. The molecule has 1 aromatic rings. The zero-order valence-corrected chi connectivity index (χ0v) is 19.1. The number of morpholine rings is 1. The predicted octanol–water partition coefficient (Wildman–Crippen LogP) is 0.615. The molecule has 1 aromatic carbocycles. The Morgan fingerprint density at radius 1 is 1.06 bits per heavy atom. The topological polar surface area (TPSA) is 113 Å². The van der Waals surface area contributed by atoms with Crippen molar-refractivity contribution in [3.8, 4) is 0 Å². The average molecular weight is 472 g/mol. The summed E-state index contributed by atoms with van der Waals surface area (Å²) in [4.78, 5) is 15.3. The van der Waals surface area contributed by atoms with Gasteiger partial charge in [-0.05, 0) is 43.9 Å². The molecule has 1 amide bonds. The Kier molecular flexibility index (Phi) is 6.57. The lowest BCUT2D eigenvalue weighted by molar-refractivity contribution is 0.0730. The molecular weight excluding hydrogens is 442 g/mol. The smallest absolute Gasteiger partial charge is 0.253 e. The Hall–Kier alpha value is -1.69. The van der Waals surface area contributed by atoms with Crippen LogP contribution in [0.1, 0.15) is 36.0 Å². The number of nitrogens with zero attached hydrogens (tertiary/aromatic N) is 2. The highest BCUT2D eigenvalue weighted by atomic mass is 32.2. The molecule has 172 valence electrons. The second-order valence-corrected chi connectivity index (χ2v) is 12.5. The van der Waals surface area contributed by atoms with Crippen molar-refractivity contribution in [1.29, 1.82) is 0 Å². The fourth-order valence-electron chi connectivity index (χ4n) is 4.38. The molecule has 3 fully saturated rings. The molecule has 0 aliphatic carbocycles. The first kappa shape index (κ1) is 22.5. The Labute approximate surface area is 183 Å². The number of anilines is 1. The van der Waals surface area contributed by atoms with Gasteiger partial charge in [0.05, 0.1) is 35.2 Å². The number of rotatable bonds is 5. The molecular formula is C20H29N3O6S2. The number of sulfone groups is 1. The number of sulfonamides is 1. The number of hydrogen-bond acceptors (Lipinski definition) is 7. The molecule has 3 aliphatic heterocycles. The van der Waals surface area contributed by atoms with Crippen molar-refractivity contribution >= 4 is 31.5 Å². The molecule has 1 unspecified atom stereocenters. The van der Waals surface area contributed by atoms with Crippen molar-refractivity contribution < 1.29 is 26.4 Å². The lowest BCUT2D eigenvalue weighted by Gasteiger charge is -2.31. The minimum Gasteiger partial charge on any atom is -0.379 e. The highest BCUT2D eigenvalue weighted by molar-refractivity contribution is 7.91. The SMILES string of the molecule is O=C(NC1CCS(=O)(=O)C1)c1cc(S(=O)(=O)N2CCOCC2)ccc1N1CCCCC1. The molecule has 31 heavy (non-hydrogen) atoms. The van der Waals surface area contributed by atoms with E-state index in [0.29, 0.717) is 25.3 Å². The third kappa shape index (κ3) is 5.05. The summed E-state index contributed by atoms with van der Waals surface area (Å²) in [6.45, 7) is 2.83. The molecule has 11 heteroatoms. The molecule has 9 nitrogen and oxygen atoms in total. The van der Waals surface area contributed by atoms with Crippen LogP contribution in [0.4, 0.5) is 5.69 Å². The second kappa shape index (κ2) is 9.05. The Morgan fingerprint density at radius 3 is 2.42 bits per heavy atom. The van der Waals surface area contributed by atoms with Crippen LogP contribution in [0, 0.1) is 0 Å². The van der Waals surface area contributed by atoms with Gasteiger partial charge in [-0.2, -0.15) is 4.31 Å². The van der Waals surface area contributed by atoms with E-state index in [4.69, 9.17) is 4.74 Å². The quantitative estimate of drug-likeness (QED) is 0.670. The van der Waals surface area contributed by atoms with Crippen LogP contribution in [0.2, 0.25) is 0 Å². The minimum absolute atomic E-state index is 0.0579. The average Bonchev–Trinajstić information content (AvgIpc) is 3.12. The lowest BCUT2D eigenvalue weighted by atomic mass is 10.1. The highest BCUT2D eigenvalue weighted by Crippen LogP contribution is 2.29. The van der Waals surface area contributed by atoms with Crippen LogP contribution < -0.4 is 10.2 Å². The standard InChI is InChI=1S/C20H29N3O6S2/c24-20(21-16-6-13-30(25,26)15-16)18-14-17(31(27,28)23-9-11-29-12-10-23)4-5-19(18)22-7-2-1-3-8-22/h4-5,14,16H,1-3,6-13,15H2,(H,21,24). The summed E-state index contributed by atoms with van der Waals surface area (Å²) < 4.78 is 56.4. The van der Waals surface area contributed by atoms with Gasteiger partial charge in [-0.25, -0.2) is 16.8 Å². The molecule has 3 saturated heterocycles. The molecule has 1 N–H and O–H groups in total. The summed E-state index contributed by atoms with van der Waals surface area (Å²) in [5, 5.41) is 2.82. The van der Waals surface area contributed by atoms with Gasteiger partial charge in [0, 0.05) is 37.9 Å². The minimum atomic E-state index is -3.75.